The van der Waals surface area contributed by atoms with Gasteiger partial charge in [-0.3, -0.25) is 14.5 Å². The van der Waals surface area contributed by atoms with Crippen molar-refractivity contribution in [1.82, 2.24) is 10.2 Å². The Hall–Kier alpha value is -2.87. The van der Waals surface area contributed by atoms with Gasteiger partial charge in [0.1, 0.15) is 5.75 Å². The molecule has 0 bridgehead atoms. The fourth-order valence-corrected chi connectivity index (χ4v) is 3.27. The van der Waals surface area contributed by atoms with E-state index in [0.29, 0.717) is 30.7 Å². The lowest BCUT2D eigenvalue weighted by Gasteiger charge is -2.17. The lowest BCUT2D eigenvalue weighted by molar-refractivity contribution is -0.137. The number of nitrogens with zero attached hydrogens (tertiary/aromatic N) is 1. The number of ether oxygens (including phenoxy) is 1. The van der Waals surface area contributed by atoms with Gasteiger partial charge in [0, 0.05) is 25.7 Å². The Balaban J connectivity index is 1.44. The average molecular weight is 406 g/mol. The van der Waals surface area contributed by atoms with Crippen molar-refractivity contribution in [3.05, 3.63) is 65.2 Å². The third kappa shape index (κ3) is 5.80. The Kier molecular flexibility index (Phi) is 6.53. The van der Waals surface area contributed by atoms with E-state index in [1.54, 1.807) is 24.3 Å². The quantitative estimate of drug-likeness (QED) is 0.717. The summed E-state index contributed by atoms with van der Waals surface area (Å²) in [6, 6.07) is 11.7. The topological polar surface area (TPSA) is 58.6 Å². The van der Waals surface area contributed by atoms with E-state index < -0.39 is 11.7 Å². The van der Waals surface area contributed by atoms with Crippen LogP contribution in [0.15, 0.2) is 48.5 Å². The summed E-state index contributed by atoms with van der Waals surface area (Å²) in [5.74, 6) is 0.0695. The van der Waals surface area contributed by atoms with E-state index in [-0.39, 0.29) is 18.6 Å². The monoisotopic (exact) mass is 406 g/mol. The first-order chi connectivity index (χ1) is 13.8. The Morgan fingerprint density at radius 3 is 2.59 bits per heavy atom. The molecular weight excluding hydrogens is 385 g/mol. The van der Waals surface area contributed by atoms with Gasteiger partial charge in [-0.15, -0.1) is 0 Å². The van der Waals surface area contributed by atoms with Crippen molar-refractivity contribution < 1.29 is 27.5 Å². The molecule has 1 aliphatic rings. The molecular formula is C21H21F3N2O3. The molecule has 0 spiro atoms. The number of amides is 1. The van der Waals surface area contributed by atoms with Crippen molar-refractivity contribution in [3.63, 3.8) is 0 Å². The standard InChI is InChI=1S/C21H21F3N2O3/c22-21(23,24)17-7-5-15(6-8-17)11-26-10-9-18(12-26)25-20(28)14-29-19-4-2-1-3-16(19)13-27/h1-8,13,18H,9-12,14H2,(H,25,28). The fourth-order valence-electron chi connectivity index (χ4n) is 3.27. The number of carbonyl (C=O) groups excluding carboxylic acids is 2. The minimum Gasteiger partial charge on any atom is -0.483 e. The third-order valence-corrected chi connectivity index (χ3v) is 4.73. The Morgan fingerprint density at radius 2 is 1.90 bits per heavy atom. The van der Waals surface area contributed by atoms with Crippen LogP contribution in [0, 0.1) is 0 Å². The van der Waals surface area contributed by atoms with Gasteiger partial charge in [0.15, 0.2) is 12.9 Å². The molecule has 1 amide bonds. The van der Waals surface area contributed by atoms with E-state index in [4.69, 9.17) is 4.74 Å². The van der Waals surface area contributed by atoms with Crippen LogP contribution in [0.3, 0.4) is 0 Å². The summed E-state index contributed by atoms with van der Waals surface area (Å²) >= 11 is 0. The second-order valence-corrected chi connectivity index (χ2v) is 6.93. The summed E-state index contributed by atoms with van der Waals surface area (Å²) in [5.41, 5.74) is 0.506. The highest BCUT2D eigenvalue weighted by Crippen LogP contribution is 2.29. The van der Waals surface area contributed by atoms with Gasteiger partial charge in [0.2, 0.25) is 0 Å². The molecule has 154 valence electrons. The van der Waals surface area contributed by atoms with Crippen LogP contribution in [0.2, 0.25) is 0 Å². The van der Waals surface area contributed by atoms with Crippen molar-refractivity contribution in [2.45, 2.75) is 25.2 Å². The molecule has 1 saturated heterocycles. The highest BCUT2D eigenvalue weighted by molar-refractivity contribution is 5.80. The molecule has 0 radical (unpaired) electrons. The van der Waals surface area contributed by atoms with Gasteiger partial charge >= 0.3 is 6.18 Å². The van der Waals surface area contributed by atoms with Crippen LogP contribution >= 0.6 is 0 Å². The molecule has 0 aromatic heterocycles. The molecule has 1 aliphatic heterocycles. The van der Waals surface area contributed by atoms with E-state index in [1.807, 2.05) is 0 Å². The first-order valence-corrected chi connectivity index (χ1v) is 9.20. The van der Waals surface area contributed by atoms with E-state index in [9.17, 15) is 22.8 Å². The second-order valence-electron chi connectivity index (χ2n) is 6.93. The summed E-state index contributed by atoms with van der Waals surface area (Å²) in [6.07, 6.45) is -2.92. The van der Waals surface area contributed by atoms with Crippen LogP contribution in [0.4, 0.5) is 13.2 Å². The molecule has 5 nitrogen and oxygen atoms in total. The van der Waals surface area contributed by atoms with Gasteiger partial charge in [-0.2, -0.15) is 13.2 Å². The van der Waals surface area contributed by atoms with Crippen LogP contribution in [0.5, 0.6) is 5.75 Å². The maximum absolute atomic E-state index is 12.6. The molecule has 0 saturated carbocycles. The van der Waals surface area contributed by atoms with Gasteiger partial charge in [0.25, 0.3) is 5.91 Å². The van der Waals surface area contributed by atoms with Crippen molar-refractivity contribution in [2.75, 3.05) is 19.7 Å². The number of hydrogen-bond acceptors (Lipinski definition) is 4. The largest absolute Gasteiger partial charge is 0.483 e. The zero-order valence-electron chi connectivity index (χ0n) is 15.6. The normalized spacial score (nSPS) is 17.1. The van der Waals surface area contributed by atoms with Gasteiger partial charge < -0.3 is 10.1 Å². The number of rotatable bonds is 7. The SMILES string of the molecule is O=Cc1ccccc1OCC(=O)NC1CCN(Cc2ccc(C(F)(F)F)cc2)C1. The lowest BCUT2D eigenvalue weighted by Crippen LogP contribution is -2.39. The molecule has 29 heavy (non-hydrogen) atoms. The highest BCUT2D eigenvalue weighted by Gasteiger charge is 2.30. The van der Waals surface area contributed by atoms with E-state index in [2.05, 4.69) is 10.2 Å². The average Bonchev–Trinajstić information content (AvgIpc) is 3.13. The molecule has 2 aromatic rings. The number of aldehydes is 1. The summed E-state index contributed by atoms with van der Waals surface area (Å²) in [4.78, 5) is 25.2. The second kappa shape index (κ2) is 9.09. The number of halogens is 3. The molecule has 1 fully saturated rings. The van der Waals surface area contributed by atoms with Crippen LogP contribution in [0.1, 0.15) is 27.9 Å². The van der Waals surface area contributed by atoms with E-state index in [0.717, 1.165) is 30.7 Å². The number of hydrogen-bond donors (Lipinski definition) is 1. The van der Waals surface area contributed by atoms with Gasteiger partial charge in [-0.25, -0.2) is 0 Å². The van der Waals surface area contributed by atoms with Crippen LogP contribution in [0.25, 0.3) is 0 Å². The number of benzene rings is 2. The third-order valence-electron chi connectivity index (χ3n) is 4.73. The predicted octanol–water partition coefficient (Wildman–Crippen LogP) is 3.29. The number of likely N-dealkylation sites (tertiary alicyclic amines) is 1. The van der Waals surface area contributed by atoms with Crippen LogP contribution in [-0.2, 0) is 17.5 Å². The number of alkyl halides is 3. The van der Waals surface area contributed by atoms with Crippen molar-refractivity contribution >= 4 is 12.2 Å². The number of para-hydroxylation sites is 1. The van der Waals surface area contributed by atoms with Crippen molar-refractivity contribution in [2.24, 2.45) is 0 Å². The molecule has 1 unspecified atom stereocenters. The predicted molar refractivity (Wildman–Crippen MR) is 101 cm³/mol. The Bertz CT molecular complexity index is 853. The number of carbonyl (C=O) groups is 2. The van der Waals surface area contributed by atoms with Crippen molar-refractivity contribution in [1.29, 1.82) is 0 Å². The zero-order valence-corrected chi connectivity index (χ0v) is 15.6. The molecule has 8 heteroatoms. The fraction of sp³-hybridized carbons (Fsp3) is 0.333. The summed E-state index contributed by atoms with van der Waals surface area (Å²) in [6.45, 7) is 1.67. The highest BCUT2D eigenvalue weighted by atomic mass is 19.4. The van der Waals surface area contributed by atoms with Crippen molar-refractivity contribution in [3.8, 4) is 5.75 Å². The molecule has 1 N–H and O–H groups in total. The molecule has 1 heterocycles. The molecule has 2 aromatic carbocycles. The maximum Gasteiger partial charge on any atom is 0.416 e. The minimum atomic E-state index is -4.34. The Labute approximate surface area is 166 Å². The zero-order chi connectivity index (χ0) is 20.9. The van der Waals surface area contributed by atoms with Crippen LogP contribution in [-0.4, -0.2) is 42.8 Å². The first kappa shape index (κ1) is 20.9. The van der Waals surface area contributed by atoms with E-state index in [1.165, 1.54) is 12.1 Å². The van der Waals surface area contributed by atoms with Gasteiger partial charge in [-0.05, 0) is 36.2 Å². The lowest BCUT2D eigenvalue weighted by atomic mass is 10.1. The smallest absolute Gasteiger partial charge is 0.416 e. The Morgan fingerprint density at radius 1 is 1.17 bits per heavy atom. The molecule has 1 atom stereocenters. The summed E-state index contributed by atoms with van der Waals surface area (Å²) < 4.78 is 43.3. The molecule has 0 aliphatic carbocycles. The van der Waals surface area contributed by atoms with Gasteiger partial charge in [-0.1, -0.05) is 24.3 Å². The maximum atomic E-state index is 12.6. The summed E-state index contributed by atoms with van der Waals surface area (Å²) in [5, 5.41) is 2.89. The summed E-state index contributed by atoms with van der Waals surface area (Å²) in [7, 11) is 0. The minimum absolute atomic E-state index is 0.0538. The number of nitrogens with one attached hydrogen (secondary N) is 1. The molecule has 3 rings (SSSR count). The van der Waals surface area contributed by atoms with E-state index >= 15 is 0 Å². The van der Waals surface area contributed by atoms with Crippen LogP contribution < -0.4 is 10.1 Å². The first-order valence-electron chi connectivity index (χ1n) is 9.20. The van der Waals surface area contributed by atoms with Gasteiger partial charge in [0.05, 0.1) is 11.1 Å².